The van der Waals surface area contributed by atoms with Crippen LogP contribution in [0.2, 0.25) is 0 Å². The molecular formula is C25H27F3N4O5S. The molecule has 13 heteroatoms. The lowest BCUT2D eigenvalue weighted by Gasteiger charge is -2.34. The van der Waals surface area contributed by atoms with Gasteiger partial charge in [0.05, 0.1) is 23.4 Å². The lowest BCUT2D eigenvalue weighted by atomic mass is 9.94. The van der Waals surface area contributed by atoms with E-state index in [0.29, 0.717) is 24.2 Å². The van der Waals surface area contributed by atoms with Gasteiger partial charge in [-0.25, -0.2) is 18.4 Å². The molecule has 0 aromatic carbocycles. The van der Waals surface area contributed by atoms with Crippen LogP contribution in [0.3, 0.4) is 0 Å². The minimum atomic E-state index is -4.51. The second-order valence-corrected chi connectivity index (χ2v) is 12.5. The summed E-state index contributed by atoms with van der Waals surface area (Å²) in [5.74, 6) is -0.0724. The molecule has 1 aliphatic carbocycles. The van der Waals surface area contributed by atoms with Gasteiger partial charge < -0.3 is 14.8 Å². The molecule has 3 aromatic heterocycles. The predicted octanol–water partition coefficient (Wildman–Crippen LogP) is 4.35. The lowest BCUT2D eigenvalue weighted by Crippen LogP contribution is -2.51. The van der Waals surface area contributed by atoms with Crippen LogP contribution < -0.4 is 14.8 Å². The van der Waals surface area contributed by atoms with Crippen molar-refractivity contribution in [2.45, 2.75) is 57.2 Å². The van der Waals surface area contributed by atoms with Crippen molar-refractivity contribution in [2.75, 3.05) is 18.1 Å². The molecule has 0 atom stereocenters. The molecule has 3 aromatic rings. The van der Waals surface area contributed by atoms with Gasteiger partial charge in [0, 0.05) is 11.7 Å². The Morgan fingerprint density at radius 3 is 2.61 bits per heavy atom. The molecule has 1 amide bonds. The van der Waals surface area contributed by atoms with Crippen molar-refractivity contribution in [3.05, 3.63) is 47.5 Å². The summed E-state index contributed by atoms with van der Waals surface area (Å²) in [4.78, 5) is 21.7. The predicted molar refractivity (Wildman–Crippen MR) is 132 cm³/mol. The number of aryl methyl sites for hydroxylation is 1. The highest BCUT2D eigenvalue weighted by atomic mass is 32.2. The van der Waals surface area contributed by atoms with E-state index in [0.717, 1.165) is 18.4 Å². The van der Waals surface area contributed by atoms with Crippen molar-refractivity contribution in [3.63, 3.8) is 0 Å². The zero-order valence-electron chi connectivity index (χ0n) is 20.8. The molecule has 5 rings (SSSR count). The fraction of sp³-hybridized carbons (Fsp3) is 0.480. The van der Waals surface area contributed by atoms with Crippen molar-refractivity contribution in [2.24, 2.45) is 0 Å². The number of ether oxygens (including phenoxy) is 2. The van der Waals surface area contributed by atoms with Crippen LogP contribution in [0.15, 0.2) is 30.6 Å². The molecule has 0 unspecified atom stereocenters. The number of alkyl halides is 3. The number of carbonyl (C=O) groups is 1. The van der Waals surface area contributed by atoms with E-state index in [4.69, 9.17) is 9.47 Å². The van der Waals surface area contributed by atoms with Gasteiger partial charge >= 0.3 is 6.18 Å². The molecule has 0 radical (unpaired) electrons. The minimum Gasteiger partial charge on any atom is -0.478 e. The van der Waals surface area contributed by atoms with Crippen LogP contribution in [0.4, 0.5) is 13.2 Å². The number of nitrogens with zero attached hydrogens (tertiary/aromatic N) is 3. The van der Waals surface area contributed by atoms with Crippen LogP contribution in [-0.4, -0.2) is 58.5 Å². The molecule has 9 nitrogen and oxygen atoms in total. The number of sulfone groups is 1. The third-order valence-corrected chi connectivity index (χ3v) is 8.54. The van der Waals surface area contributed by atoms with Crippen LogP contribution in [0, 0.1) is 6.92 Å². The van der Waals surface area contributed by atoms with Gasteiger partial charge in [-0.05, 0) is 69.2 Å². The van der Waals surface area contributed by atoms with Crippen LogP contribution in [0.1, 0.15) is 60.3 Å². The summed E-state index contributed by atoms with van der Waals surface area (Å²) in [6, 6.07) is 4.72. The van der Waals surface area contributed by atoms with E-state index >= 15 is 0 Å². The molecule has 4 heterocycles. The molecular weight excluding hydrogens is 525 g/mol. The number of imidazole rings is 1. The summed E-state index contributed by atoms with van der Waals surface area (Å²) < 4.78 is 74.4. The highest BCUT2D eigenvalue weighted by Crippen LogP contribution is 2.43. The maximum absolute atomic E-state index is 13.0. The number of carbonyl (C=O) groups excluding carboxylic acids is 1. The SMILES string of the molecule is Cc1c(C(=O)NC2(C)CCS(=O)(=O)CC2)nc2ccc(Oc3ncc(C4CC4)cc3OCC(F)(F)F)cn12. The summed E-state index contributed by atoms with van der Waals surface area (Å²) in [5, 5.41) is 2.93. The number of fused-ring (bicyclic) bond motifs is 1. The van der Waals surface area contributed by atoms with Crippen LogP contribution in [0.5, 0.6) is 17.4 Å². The lowest BCUT2D eigenvalue weighted by molar-refractivity contribution is -0.153. The maximum atomic E-state index is 13.0. The zero-order chi connectivity index (χ0) is 27.3. The Kier molecular flexibility index (Phi) is 6.52. The van der Waals surface area contributed by atoms with Gasteiger partial charge in [0.2, 0.25) is 0 Å². The molecule has 1 saturated heterocycles. The number of aromatic nitrogens is 3. The van der Waals surface area contributed by atoms with Crippen molar-refractivity contribution in [3.8, 4) is 17.4 Å². The fourth-order valence-electron chi connectivity index (χ4n) is 4.40. The largest absolute Gasteiger partial charge is 0.478 e. The number of hydrogen-bond donors (Lipinski definition) is 1. The smallest absolute Gasteiger partial charge is 0.422 e. The van der Waals surface area contributed by atoms with Crippen molar-refractivity contribution < 1.29 is 35.9 Å². The van der Waals surface area contributed by atoms with E-state index in [-0.39, 0.29) is 40.5 Å². The van der Waals surface area contributed by atoms with E-state index in [1.165, 1.54) is 6.07 Å². The Morgan fingerprint density at radius 1 is 1.24 bits per heavy atom. The first-order valence-electron chi connectivity index (χ1n) is 12.2. The van der Waals surface area contributed by atoms with Gasteiger partial charge in [-0.1, -0.05) is 0 Å². The van der Waals surface area contributed by atoms with Crippen LogP contribution >= 0.6 is 0 Å². The zero-order valence-corrected chi connectivity index (χ0v) is 21.7. The molecule has 204 valence electrons. The Labute approximate surface area is 217 Å². The molecule has 2 aliphatic rings. The molecule has 1 N–H and O–H groups in total. The molecule has 1 aliphatic heterocycles. The molecule has 0 bridgehead atoms. The van der Waals surface area contributed by atoms with Crippen molar-refractivity contribution in [1.29, 1.82) is 0 Å². The maximum Gasteiger partial charge on any atom is 0.422 e. The molecule has 2 fully saturated rings. The third kappa shape index (κ3) is 5.87. The second kappa shape index (κ2) is 9.44. The van der Waals surface area contributed by atoms with E-state index in [1.807, 2.05) is 6.92 Å². The summed E-state index contributed by atoms with van der Waals surface area (Å²) in [5.41, 5.74) is 1.29. The normalized spacial score (nSPS) is 18.8. The van der Waals surface area contributed by atoms with Crippen LogP contribution in [-0.2, 0) is 9.84 Å². The summed E-state index contributed by atoms with van der Waals surface area (Å²) in [6.07, 6.45) is 1.16. The number of hydrogen-bond acceptors (Lipinski definition) is 7. The number of amides is 1. The topological polar surface area (TPSA) is 112 Å². The van der Waals surface area contributed by atoms with Gasteiger partial charge in [-0.15, -0.1) is 0 Å². The average molecular weight is 553 g/mol. The number of halogens is 3. The first-order valence-corrected chi connectivity index (χ1v) is 14.0. The fourth-order valence-corrected chi connectivity index (χ4v) is 6.13. The summed E-state index contributed by atoms with van der Waals surface area (Å²) >= 11 is 0. The van der Waals surface area contributed by atoms with Crippen molar-refractivity contribution >= 4 is 21.4 Å². The minimum absolute atomic E-state index is 0.0129. The van der Waals surface area contributed by atoms with Gasteiger partial charge in [-0.2, -0.15) is 13.2 Å². The number of nitrogens with one attached hydrogen (secondary N) is 1. The second-order valence-electron chi connectivity index (χ2n) is 10.2. The Bertz CT molecular complexity index is 1480. The highest BCUT2D eigenvalue weighted by Gasteiger charge is 2.35. The van der Waals surface area contributed by atoms with E-state index in [9.17, 15) is 26.4 Å². The summed E-state index contributed by atoms with van der Waals surface area (Å²) in [7, 11) is -3.09. The number of rotatable bonds is 7. The Hall–Kier alpha value is -3.35. The summed E-state index contributed by atoms with van der Waals surface area (Å²) in [6.45, 7) is 2.05. The molecule has 0 spiro atoms. The third-order valence-electron chi connectivity index (χ3n) is 6.88. The monoisotopic (exact) mass is 552 g/mol. The highest BCUT2D eigenvalue weighted by molar-refractivity contribution is 7.91. The Balaban J connectivity index is 1.37. The van der Waals surface area contributed by atoms with Gasteiger partial charge in [-0.3, -0.25) is 9.20 Å². The average Bonchev–Trinajstić information content (AvgIpc) is 3.64. The van der Waals surface area contributed by atoms with Crippen molar-refractivity contribution in [1.82, 2.24) is 19.7 Å². The van der Waals surface area contributed by atoms with Gasteiger partial charge in [0.1, 0.15) is 26.9 Å². The van der Waals surface area contributed by atoms with Gasteiger partial charge in [0.25, 0.3) is 11.8 Å². The molecule has 1 saturated carbocycles. The number of pyridine rings is 2. The van der Waals surface area contributed by atoms with Gasteiger partial charge in [0.15, 0.2) is 12.4 Å². The first-order chi connectivity index (χ1) is 17.8. The Morgan fingerprint density at radius 2 is 1.95 bits per heavy atom. The van der Waals surface area contributed by atoms with E-state index in [2.05, 4.69) is 15.3 Å². The van der Waals surface area contributed by atoms with Crippen LogP contribution in [0.25, 0.3) is 5.65 Å². The first kappa shape index (κ1) is 26.3. The van der Waals surface area contributed by atoms with E-state index < -0.39 is 34.1 Å². The molecule has 38 heavy (non-hydrogen) atoms. The standard InChI is InChI=1S/C25H27F3N4O5S/c1-15-21(22(33)31-24(2)7-9-38(34,35)10-8-24)30-20-6-5-18(13-32(15)20)37-23-19(36-14-25(26,27)28)11-17(12-29-23)16-3-4-16/h5-6,11-13,16H,3-4,7-10,14H2,1-2H3,(H,31,33). The quantitative estimate of drug-likeness (QED) is 0.464. The van der Waals surface area contributed by atoms with E-state index in [1.54, 1.807) is 35.9 Å².